The lowest BCUT2D eigenvalue weighted by atomic mass is 9.84. The van der Waals surface area contributed by atoms with Gasteiger partial charge in [0.25, 0.3) is 0 Å². The van der Waals surface area contributed by atoms with Crippen molar-refractivity contribution in [1.82, 2.24) is 5.32 Å². The minimum absolute atomic E-state index is 0. The molecule has 0 aromatic rings. The second-order valence-electron chi connectivity index (χ2n) is 5.10. The van der Waals surface area contributed by atoms with Gasteiger partial charge in [0.15, 0.2) is 0 Å². The maximum atomic E-state index is 11.7. The van der Waals surface area contributed by atoms with Crippen molar-refractivity contribution in [2.24, 2.45) is 17.6 Å². The quantitative estimate of drug-likeness (QED) is 0.796. The minimum Gasteiger partial charge on any atom is -0.353 e. The highest BCUT2D eigenvalue weighted by molar-refractivity contribution is 5.85. The van der Waals surface area contributed by atoms with Gasteiger partial charge in [-0.2, -0.15) is 0 Å². The van der Waals surface area contributed by atoms with E-state index in [1.54, 1.807) is 0 Å². The van der Waals surface area contributed by atoms with Crippen molar-refractivity contribution in [2.45, 2.75) is 51.0 Å². The van der Waals surface area contributed by atoms with Gasteiger partial charge in [-0.1, -0.05) is 12.8 Å². The van der Waals surface area contributed by atoms with Gasteiger partial charge >= 0.3 is 0 Å². The van der Waals surface area contributed by atoms with Crippen molar-refractivity contribution < 1.29 is 4.79 Å². The highest BCUT2D eigenvalue weighted by Crippen LogP contribution is 2.32. The molecule has 16 heavy (non-hydrogen) atoms. The lowest BCUT2D eigenvalue weighted by molar-refractivity contribution is -0.122. The normalized spacial score (nSPS) is 29.3. The van der Waals surface area contributed by atoms with E-state index in [1.165, 1.54) is 32.1 Å². The molecule has 0 aliphatic heterocycles. The van der Waals surface area contributed by atoms with Crippen LogP contribution in [0.25, 0.3) is 0 Å². The van der Waals surface area contributed by atoms with Gasteiger partial charge in [-0.3, -0.25) is 4.79 Å². The van der Waals surface area contributed by atoms with Crippen molar-refractivity contribution in [2.75, 3.05) is 6.54 Å². The van der Waals surface area contributed by atoms with Crippen molar-refractivity contribution >= 4 is 18.3 Å². The Morgan fingerprint density at radius 2 is 1.88 bits per heavy atom. The topological polar surface area (TPSA) is 55.1 Å². The van der Waals surface area contributed by atoms with Crippen LogP contribution in [-0.4, -0.2) is 18.5 Å². The van der Waals surface area contributed by atoms with E-state index in [0.29, 0.717) is 24.4 Å². The van der Waals surface area contributed by atoms with E-state index in [2.05, 4.69) is 5.32 Å². The standard InChI is InChI=1S/C12H22N2O.ClH/c13-8-10-3-1-2-4-11(10)14-12(15)7-9-5-6-9;/h9-11H,1-8,13H2,(H,14,15);1H. The number of carbonyl (C=O) groups excluding carboxylic acids is 1. The Hall–Kier alpha value is -0.280. The summed E-state index contributed by atoms with van der Waals surface area (Å²) < 4.78 is 0. The Morgan fingerprint density at radius 1 is 1.19 bits per heavy atom. The van der Waals surface area contributed by atoms with Crippen LogP contribution in [0.15, 0.2) is 0 Å². The first-order chi connectivity index (χ1) is 7.29. The van der Waals surface area contributed by atoms with E-state index in [9.17, 15) is 4.79 Å². The predicted molar refractivity (Wildman–Crippen MR) is 67.5 cm³/mol. The molecule has 2 saturated carbocycles. The number of hydrogen-bond donors (Lipinski definition) is 2. The van der Waals surface area contributed by atoms with Crippen LogP contribution >= 0.6 is 12.4 Å². The summed E-state index contributed by atoms with van der Waals surface area (Å²) in [5.74, 6) is 1.45. The Balaban J connectivity index is 0.00000128. The predicted octanol–water partition coefficient (Wildman–Crippen LogP) is 1.84. The fourth-order valence-corrected chi connectivity index (χ4v) is 2.53. The molecule has 0 aromatic heterocycles. The summed E-state index contributed by atoms with van der Waals surface area (Å²) >= 11 is 0. The molecule has 1 amide bonds. The molecule has 2 aliphatic rings. The molecule has 0 bridgehead atoms. The molecule has 2 fully saturated rings. The van der Waals surface area contributed by atoms with E-state index in [0.717, 1.165) is 12.8 Å². The molecular weight excluding hydrogens is 224 g/mol. The molecule has 3 nitrogen and oxygen atoms in total. The molecule has 0 aromatic carbocycles. The molecule has 2 atom stereocenters. The maximum Gasteiger partial charge on any atom is 0.220 e. The largest absolute Gasteiger partial charge is 0.353 e. The van der Waals surface area contributed by atoms with Gasteiger partial charge in [0, 0.05) is 12.5 Å². The number of rotatable bonds is 4. The molecule has 0 heterocycles. The average molecular weight is 247 g/mol. The Morgan fingerprint density at radius 3 is 2.50 bits per heavy atom. The zero-order valence-electron chi connectivity index (χ0n) is 9.78. The van der Waals surface area contributed by atoms with Crippen LogP contribution < -0.4 is 11.1 Å². The summed E-state index contributed by atoms with van der Waals surface area (Å²) in [6.45, 7) is 0.717. The number of nitrogens with one attached hydrogen (secondary N) is 1. The van der Waals surface area contributed by atoms with Crippen molar-refractivity contribution in [3.63, 3.8) is 0 Å². The molecule has 2 aliphatic carbocycles. The van der Waals surface area contributed by atoms with E-state index < -0.39 is 0 Å². The first kappa shape index (κ1) is 13.8. The fraction of sp³-hybridized carbons (Fsp3) is 0.917. The molecule has 2 rings (SSSR count). The van der Waals surface area contributed by atoms with Crippen LogP contribution in [0.2, 0.25) is 0 Å². The summed E-state index contributed by atoms with van der Waals surface area (Å²) in [6.07, 6.45) is 8.06. The minimum atomic E-state index is 0. The smallest absolute Gasteiger partial charge is 0.220 e. The van der Waals surface area contributed by atoms with Crippen molar-refractivity contribution in [3.8, 4) is 0 Å². The van der Waals surface area contributed by atoms with E-state index in [-0.39, 0.29) is 18.3 Å². The van der Waals surface area contributed by atoms with Gasteiger partial charge < -0.3 is 11.1 Å². The summed E-state index contributed by atoms with van der Waals surface area (Å²) in [5, 5.41) is 3.17. The number of amides is 1. The molecule has 0 saturated heterocycles. The molecule has 0 spiro atoms. The van der Waals surface area contributed by atoms with Gasteiger partial charge in [0.1, 0.15) is 0 Å². The first-order valence-electron chi connectivity index (χ1n) is 6.29. The van der Waals surface area contributed by atoms with Crippen LogP contribution in [0.5, 0.6) is 0 Å². The van der Waals surface area contributed by atoms with Gasteiger partial charge in [-0.05, 0) is 44.1 Å². The summed E-state index contributed by atoms with van der Waals surface area (Å²) in [7, 11) is 0. The van der Waals surface area contributed by atoms with Crippen LogP contribution in [0, 0.1) is 11.8 Å². The van der Waals surface area contributed by atoms with E-state index >= 15 is 0 Å². The Labute approximate surface area is 104 Å². The molecule has 94 valence electrons. The zero-order valence-corrected chi connectivity index (χ0v) is 10.6. The summed E-state index contributed by atoms with van der Waals surface area (Å²) in [6, 6.07) is 0.356. The van der Waals surface area contributed by atoms with Crippen LogP contribution in [0.4, 0.5) is 0 Å². The van der Waals surface area contributed by atoms with Crippen LogP contribution in [0.1, 0.15) is 44.9 Å². The van der Waals surface area contributed by atoms with Crippen LogP contribution in [0.3, 0.4) is 0 Å². The number of carbonyl (C=O) groups is 1. The lowest BCUT2D eigenvalue weighted by Gasteiger charge is -2.31. The zero-order chi connectivity index (χ0) is 10.7. The first-order valence-corrected chi connectivity index (χ1v) is 6.29. The van der Waals surface area contributed by atoms with Crippen LogP contribution in [-0.2, 0) is 4.79 Å². The fourth-order valence-electron chi connectivity index (χ4n) is 2.53. The van der Waals surface area contributed by atoms with E-state index in [4.69, 9.17) is 5.73 Å². The van der Waals surface area contributed by atoms with Gasteiger partial charge in [-0.15, -0.1) is 12.4 Å². The number of nitrogens with two attached hydrogens (primary N) is 1. The molecular formula is C12H23ClN2O. The van der Waals surface area contributed by atoms with Gasteiger partial charge in [0.2, 0.25) is 5.91 Å². The molecule has 0 radical (unpaired) electrons. The lowest BCUT2D eigenvalue weighted by Crippen LogP contribution is -2.44. The number of hydrogen-bond acceptors (Lipinski definition) is 2. The maximum absolute atomic E-state index is 11.7. The van der Waals surface area contributed by atoms with Gasteiger partial charge in [-0.25, -0.2) is 0 Å². The Kier molecular flexibility index (Phi) is 5.56. The SMILES string of the molecule is Cl.NCC1CCCCC1NC(=O)CC1CC1. The van der Waals surface area contributed by atoms with Crippen molar-refractivity contribution in [1.29, 1.82) is 0 Å². The highest BCUT2D eigenvalue weighted by Gasteiger charge is 2.28. The summed E-state index contributed by atoms with van der Waals surface area (Å²) in [4.78, 5) is 11.7. The Bertz CT molecular complexity index is 231. The third kappa shape index (κ3) is 3.95. The molecule has 4 heteroatoms. The second-order valence-corrected chi connectivity index (χ2v) is 5.10. The molecule has 2 unspecified atom stereocenters. The molecule has 3 N–H and O–H groups in total. The third-order valence-corrected chi connectivity index (χ3v) is 3.73. The third-order valence-electron chi connectivity index (χ3n) is 3.73. The highest BCUT2D eigenvalue weighted by atomic mass is 35.5. The van der Waals surface area contributed by atoms with E-state index in [1.807, 2.05) is 0 Å². The summed E-state index contributed by atoms with van der Waals surface area (Å²) in [5.41, 5.74) is 5.73. The second kappa shape index (κ2) is 6.45. The van der Waals surface area contributed by atoms with Crippen molar-refractivity contribution in [3.05, 3.63) is 0 Å². The number of halogens is 1. The monoisotopic (exact) mass is 246 g/mol. The van der Waals surface area contributed by atoms with Gasteiger partial charge in [0.05, 0.1) is 0 Å². The average Bonchev–Trinajstić information content (AvgIpc) is 3.02.